The summed E-state index contributed by atoms with van der Waals surface area (Å²) in [6, 6.07) is 17.8. The summed E-state index contributed by atoms with van der Waals surface area (Å²) in [5.41, 5.74) is 19.7. The summed E-state index contributed by atoms with van der Waals surface area (Å²) >= 11 is 0. The first-order chi connectivity index (χ1) is 22.1. The molecule has 5 heteroatoms. The number of fused-ring (bicyclic) bond motifs is 4. The van der Waals surface area contributed by atoms with Crippen LogP contribution in [0.25, 0.3) is 27.5 Å². The fraction of sp³-hybridized carbons (Fsp3) is 0.381. The van der Waals surface area contributed by atoms with E-state index in [1.54, 1.807) is 0 Å². The summed E-state index contributed by atoms with van der Waals surface area (Å²) in [6.07, 6.45) is 2.11. The molecule has 248 valence electrons. The Kier molecular flexibility index (Phi) is 8.77. The molecule has 6 rings (SSSR count). The van der Waals surface area contributed by atoms with Crippen molar-refractivity contribution in [1.29, 1.82) is 0 Å². The minimum absolute atomic E-state index is 0.192. The molecule has 0 radical (unpaired) electrons. The SMILES string of the molecule is C=C(N)C1=C(O)[C@@H](CC)[C@]2(C)C[C@]3(C)Cc4c(-c5ccc(CN(C)C)c6ccccc56)ccc(C)c4C(=C)C3=C(C)[C@]2(O)C1=C.CN. The summed E-state index contributed by atoms with van der Waals surface area (Å²) < 4.78 is 0. The smallest absolute Gasteiger partial charge is 0.117 e. The highest BCUT2D eigenvalue weighted by molar-refractivity contribution is 6.01. The van der Waals surface area contributed by atoms with Crippen molar-refractivity contribution in [1.82, 2.24) is 4.90 Å². The van der Waals surface area contributed by atoms with Gasteiger partial charge in [-0.25, -0.2) is 0 Å². The molecule has 4 atom stereocenters. The van der Waals surface area contributed by atoms with Crippen molar-refractivity contribution in [2.45, 2.75) is 66.0 Å². The van der Waals surface area contributed by atoms with Crippen LogP contribution in [0.15, 0.2) is 102 Å². The number of nitrogens with two attached hydrogens (primary N) is 2. The molecule has 47 heavy (non-hydrogen) atoms. The van der Waals surface area contributed by atoms with Crippen molar-refractivity contribution in [3.8, 4) is 11.1 Å². The van der Waals surface area contributed by atoms with Gasteiger partial charge in [0.15, 0.2) is 0 Å². The second-order valence-electron chi connectivity index (χ2n) is 14.6. The summed E-state index contributed by atoms with van der Waals surface area (Å²) in [4.78, 5) is 2.21. The standard InChI is InChI=1S/C41H48N2O2.CH5N/c1-11-34-38(44)36(27(6)42)25(4)41(45)26(5)37-24(3)35-23(2)16-18-32(33(35)20-39(37,7)22-40(34,41)8)31-19-17-28(21-43(9)10)29-14-12-13-15-30(29)31;1-2/h12-19,34,44-45H,3-4,6,11,20-22,42H2,1-2,5,7-10H3;2H2,1H3/t34-,39+,40+,41-;/m1./s1. The van der Waals surface area contributed by atoms with Gasteiger partial charge in [0.05, 0.1) is 0 Å². The fourth-order valence-electron chi connectivity index (χ4n) is 9.80. The average Bonchev–Trinajstić information content (AvgIpc) is 3.00. The van der Waals surface area contributed by atoms with Gasteiger partial charge in [-0.2, -0.15) is 0 Å². The first-order valence-corrected chi connectivity index (χ1v) is 16.7. The van der Waals surface area contributed by atoms with E-state index in [2.05, 4.69) is 114 Å². The average molecular weight is 632 g/mol. The zero-order chi connectivity index (χ0) is 34.8. The minimum Gasteiger partial charge on any atom is -0.511 e. The van der Waals surface area contributed by atoms with Gasteiger partial charge in [-0.15, -0.1) is 0 Å². The van der Waals surface area contributed by atoms with Crippen LogP contribution in [0.4, 0.5) is 0 Å². The van der Waals surface area contributed by atoms with Crippen LogP contribution in [0.2, 0.25) is 0 Å². The van der Waals surface area contributed by atoms with Crippen LogP contribution in [0.1, 0.15) is 62.8 Å². The lowest BCUT2D eigenvalue weighted by Gasteiger charge is -2.62. The summed E-state index contributed by atoms with van der Waals surface area (Å²) in [7, 11) is 5.72. The lowest BCUT2D eigenvalue weighted by Crippen LogP contribution is -2.62. The number of hydrogen-bond acceptors (Lipinski definition) is 5. The first kappa shape index (κ1) is 34.4. The van der Waals surface area contributed by atoms with Gasteiger partial charge in [-0.05, 0) is 126 Å². The number of aliphatic hydroxyl groups is 2. The van der Waals surface area contributed by atoms with Gasteiger partial charge in [-0.3, -0.25) is 0 Å². The molecular formula is C42H53N3O2. The van der Waals surface area contributed by atoms with Crippen molar-refractivity contribution in [3.63, 3.8) is 0 Å². The summed E-state index contributed by atoms with van der Waals surface area (Å²) in [6.45, 7) is 24.7. The Balaban J connectivity index is 0.00000213. The van der Waals surface area contributed by atoms with E-state index in [1.807, 2.05) is 6.92 Å². The highest BCUT2D eigenvalue weighted by atomic mass is 16.3. The Morgan fingerprint density at radius 2 is 1.60 bits per heavy atom. The Morgan fingerprint density at radius 3 is 2.19 bits per heavy atom. The minimum atomic E-state index is -1.41. The molecule has 0 aromatic heterocycles. The monoisotopic (exact) mass is 631 g/mol. The Bertz CT molecular complexity index is 1890. The van der Waals surface area contributed by atoms with Gasteiger partial charge in [0.1, 0.15) is 11.4 Å². The Labute approximate surface area is 281 Å². The number of hydrogen-bond donors (Lipinski definition) is 4. The van der Waals surface area contributed by atoms with E-state index >= 15 is 0 Å². The van der Waals surface area contributed by atoms with Crippen LogP contribution >= 0.6 is 0 Å². The molecule has 3 aliphatic carbocycles. The lowest BCUT2D eigenvalue weighted by atomic mass is 9.43. The topological polar surface area (TPSA) is 95.7 Å². The number of aryl methyl sites for hydroxylation is 1. The van der Waals surface area contributed by atoms with E-state index in [0.717, 1.165) is 29.7 Å². The van der Waals surface area contributed by atoms with Crippen LogP contribution < -0.4 is 11.5 Å². The van der Waals surface area contributed by atoms with E-state index in [4.69, 9.17) is 12.3 Å². The second-order valence-corrected chi connectivity index (χ2v) is 14.6. The van der Waals surface area contributed by atoms with Gasteiger partial charge >= 0.3 is 0 Å². The third-order valence-corrected chi connectivity index (χ3v) is 11.4. The van der Waals surface area contributed by atoms with Crippen molar-refractivity contribution >= 4 is 16.3 Å². The van der Waals surface area contributed by atoms with E-state index in [9.17, 15) is 10.2 Å². The normalized spacial score (nSPS) is 26.9. The van der Waals surface area contributed by atoms with E-state index in [0.29, 0.717) is 24.0 Å². The second kappa shape index (κ2) is 12.0. The fourth-order valence-corrected chi connectivity index (χ4v) is 9.80. The molecule has 0 bridgehead atoms. The molecular weight excluding hydrogens is 578 g/mol. The largest absolute Gasteiger partial charge is 0.511 e. The third kappa shape index (κ3) is 4.77. The maximum atomic E-state index is 12.9. The molecule has 3 aliphatic rings. The third-order valence-electron chi connectivity index (χ3n) is 11.4. The van der Waals surface area contributed by atoms with E-state index in [-0.39, 0.29) is 22.8 Å². The van der Waals surface area contributed by atoms with Crippen LogP contribution in [0.5, 0.6) is 0 Å². The predicted octanol–water partition coefficient (Wildman–Crippen LogP) is 8.37. The van der Waals surface area contributed by atoms with Crippen LogP contribution in [-0.2, 0) is 13.0 Å². The predicted molar refractivity (Wildman–Crippen MR) is 199 cm³/mol. The summed E-state index contributed by atoms with van der Waals surface area (Å²) in [5.74, 6) is -0.116. The first-order valence-electron chi connectivity index (χ1n) is 16.7. The maximum Gasteiger partial charge on any atom is 0.117 e. The van der Waals surface area contributed by atoms with Gasteiger partial charge in [-0.1, -0.05) is 89.0 Å². The highest BCUT2D eigenvalue weighted by Crippen LogP contribution is 2.68. The molecule has 0 saturated heterocycles. The zero-order valence-corrected chi connectivity index (χ0v) is 29.6. The molecule has 0 saturated carbocycles. The molecule has 3 aromatic carbocycles. The molecule has 6 N–H and O–H groups in total. The van der Waals surface area contributed by atoms with Gasteiger partial charge in [0.2, 0.25) is 0 Å². The number of benzene rings is 3. The Morgan fingerprint density at radius 1 is 0.979 bits per heavy atom. The molecule has 0 heterocycles. The van der Waals surface area contributed by atoms with Crippen molar-refractivity contribution in [3.05, 3.63) is 124 Å². The van der Waals surface area contributed by atoms with Crippen LogP contribution in [-0.4, -0.2) is 41.9 Å². The van der Waals surface area contributed by atoms with E-state index in [1.165, 1.54) is 51.2 Å². The molecule has 5 nitrogen and oxygen atoms in total. The quantitative estimate of drug-likeness (QED) is 0.227. The number of nitrogens with zero attached hydrogens (tertiary/aromatic N) is 1. The van der Waals surface area contributed by atoms with Gasteiger partial charge < -0.3 is 26.6 Å². The van der Waals surface area contributed by atoms with Gasteiger partial charge in [0, 0.05) is 29.1 Å². The van der Waals surface area contributed by atoms with Crippen molar-refractivity contribution < 1.29 is 10.2 Å². The number of rotatable bonds is 5. The highest BCUT2D eigenvalue weighted by Gasteiger charge is 2.65. The molecule has 0 spiro atoms. The molecule has 3 aromatic rings. The van der Waals surface area contributed by atoms with Gasteiger partial charge in [0.25, 0.3) is 0 Å². The number of aliphatic hydroxyl groups excluding tert-OH is 1. The lowest BCUT2D eigenvalue weighted by molar-refractivity contribution is -0.0930. The van der Waals surface area contributed by atoms with Crippen LogP contribution in [0, 0.1) is 23.7 Å². The Hall–Kier alpha value is -3.90. The molecule has 0 amide bonds. The number of allylic oxidation sites excluding steroid dienone is 4. The molecule has 0 aliphatic heterocycles. The van der Waals surface area contributed by atoms with Crippen molar-refractivity contribution in [2.24, 2.45) is 28.2 Å². The van der Waals surface area contributed by atoms with Crippen LogP contribution in [0.3, 0.4) is 0 Å². The maximum absolute atomic E-state index is 12.9. The molecule has 0 fully saturated rings. The molecule has 0 unspecified atom stereocenters. The summed E-state index contributed by atoms with van der Waals surface area (Å²) in [5, 5.41) is 27.0. The zero-order valence-electron chi connectivity index (χ0n) is 29.6. The van der Waals surface area contributed by atoms with Crippen molar-refractivity contribution in [2.75, 3.05) is 21.1 Å². The van der Waals surface area contributed by atoms with E-state index < -0.39 is 11.0 Å².